The fraction of sp³-hybridized carbons (Fsp3) is 0.450. The summed E-state index contributed by atoms with van der Waals surface area (Å²) in [5.41, 5.74) is 0.375. The number of anilines is 1. The molecule has 1 saturated heterocycles. The van der Waals surface area contributed by atoms with Gasteiger partial charge in [0.15, 0.2) is 11.6 Å². The molecular weight excluding hydrogens is 360 g/mol. The standard InChI is InChI=1S/C20H26N4O4/c1-20(2,3)27-19(26)24-11-9-15(10-12-24)21-18(25)22-17-13-16(28-23-17)14-7-5-4-6-8-14/h4-8,13,15H,9-12H2,1-3H3,(H2,21,22,23,25). The molecular formula is C20H26N4O4. The molecule has 8 heteroatoms. The van der Waals surface area contributed by atoms with Crippen molar-refractivity contribution in [1.82, 2.24) is 15.4 Å². The van der Waals surface area contributed by atoms with E-state index in [1.807, 2.05) is 51.1 Å². The van der Waals surface area contributed by atoms with E-state index < -0.39 is 5.60 Å². The van der Waals surface area contributed by atoms with Crippen LogP contribution in [-0.4, -0.2) is 46.9 Å². The summed E-state index contributed by atoms with van der Waals surface area (Å²) in [6, 6.07) is 10.9. The molecule has 1 aromatic carbocycles. The number of carbonyl (C=O) groups is 2. The van der Waals surface area contributed by atoms with Gasteiger partial charge in [0.25, 0.3) is 0 Å². The van der Waals surface area contributed by atoms with Crippen LogP contribution in [0.25, 0.3) is 11.3 Å². The van der Waals surface area contributed by atoms with Crippen molar-refractivity contribution in [1.29, 1.82) is 0 Å². The smallest absolute Gasteiger partial charge is 0.410 e. The van der Waals surface area contributed by atoms with Gasteiger partial charge in [0.2, 0.25) is 0 Å². The van der Waals surface area contributed by atoms with Crippen molar-refractivity contribution in [3.63, 3.8) is 0 Å². The molecule has 0 saturated carbocycles. The van der Waals surface area contributed by atoms with Crippen LogP contribution in [-0.2, 0) is 4.74 Å². The van der Waals surface area contributed by atoms with Gasteiger partial charge in [0, 0.05) is 30.8 Å². The predicted molar refractivity (Wildman–Crippen MR) is 105 cm³/mol. The SMILES string of the molecule is CC(C)(C)OC(=O)N1CCC(NC(=O)Nc2cc(-c3ccccc3)on2)CC1. The number of piperidine rings is 1. The molecule has 1 fully saturated rings. The lowest BCUT2D eigenvalue weighted by Gasteiger charge is -2.33. The maximum absolute atomic E-state index is 12.2. The summed E-state index contributed by atoms with van der Waals surface area (Å²) in [5.74, 6) is 0.934. The fourth-order valence-corrected chi connectivity index (χ4v) is 2.94. The zero-order valence-electron chi connectivity index (χ0n) is 16.4. The third-order valence-corrected chi connectivity index (χ3v) is 4.29. The molecule has 2 heterocycles. The number of urea groups is 1. The van der Waals surface area contributed by atoms with Crippen LogP contribution in [0.1, 0.15) is 33.6 Å². The summed E-state index contributed by atoms with van der Waals surface area (Å²) >= 11 is 0. The number of nitrogens with zero attached hydrogens (tertiary/aromatic N) is 2. The summed E-state index contributed by atoms with van der Waals surface area (Å²) in [6.45, 7) is 6.62. The number of ether oxygens (including phenoxy) is 1. The second-order valence-corrected chi connectivity index (χ2v) is 7.78. The number of carbonyl (C=O) groups excluding carboxylic acids is 2. The summed E-state index contributed by atoms with van der Waals surface area (Å²) in [6.07, 6.45) is 1.02. The molecule has 1 aliphatic heterocycles. The highest BCUT2D eigenvalue weighted by Gasteiger charge is 2.27. The maximum Gasteiger partial charge on any atom is 0.410 e. The number of amides is 3. The average Bonchev–Trinajstić information content (AvgIpc) is 3.10. The lowest BCUT2D eigenvalue weighted by Crippen LogP contribution is -2.48. The van der Waals surface area contributed by atoms with Crippen LogP contribution in [0.15, 0.2) is 40.9 Å². The Balaban J connectivity index is 1.45. The zero-order chi connectivity index (χ0) is 20.1. The summed E-state index contributed by atoms with van der Waals surface area (Å²) < 4.78 is 10.7. The van der Waals surface area contributed by atoms with Crippen molar-refractivity contribution in [2.24, 2.45) is 0 Å². The van der Waals surface area contributed by atoms with E-state index >= 15 is 0 Å². The number of nitrogens with one attached hydrogen (secondary N) is 2. The van der Waals surface area contributed by atoms with E-state index in [4.69, 9.17) is 9.26 Å². The van der Waals surface area contributed by atoms with E-state index in [1.165, 1.54) is 0 Å². The highest BCUT2D eigenvalue weighted by Crippen LogP contribution is 2.22. The lowest BCUT2D eigenvalue weighted by atomic mass is 10.1. The molecule has 2 aromatic rings. The van der Waals surface area contributed by atoms with Crippen molar-refractivity contribution >= 4 is 17.9 Å². The quantitative estimate of drug-likeness (QED) is 0.835. The van der Waals surface area contributed by atoms with Gasteiger partial charge in [-0.15, -0.1) is 0 Å². The first-order valence-electron chi connectivity index (χ1n) is 9.38. The summed E-state index contributed by atoms with van der Waals surface area (Å²) in [4.78, 5) is 26.0. The van der Waals surface area contributed by atoms with E-state index in [0.29, 0.717) is 37.5 Å². The van der Waals surface area contributed by atoms with Crippen LogP contribution in [0.4, 0.5) is 15.4 Å². The van der Waals surface area contributed by atoms with Crippen LogP contribution in [0, 0.1) is 0 Å². The predicted octanol–water partition coefficient (Wildman–Crippen LogP) is 3.86. The molecule has 2 N–H and O–H groups in total. The van der Waals surface area contributed by atoms with Crippen molar-refractivity contribution < 1.29 is 18.8 Å². The van der Waals surface area contributed by atoms with Crippen molar-refractivity contribution in [2.45, 2.75) is 45.3 Å². The van der Waals surface area contributed by atoms with Gasteiger partial charge in [0.1, 0.15) is 5.60 Å². The van der Waals surface area contributed by atoms with E-state index in [1.54, 1.807) is 11.0 Å². The van der Waals surface area contributed by atoms with Gasteiger partial charge >= 0.3 is 12.1 Å². The Morgan fingerprint density at radius 3 is 2.50 bits per heavy atom. The van der Waals surface area contributed by atoms with Crippen molar-refractivity contribution in [3.8, 4) is 11.3 Å². The minimum absolute atomic E-state index is 0.0146. The number of benzene rings is 1. The third-order valence-electron chi connectivity index (χ3n) is 4.29. The highest BCUT2D eigenvalue weighted by atomic mass is 16.6. The van der Waals surface area contributed by atoms with Gasteiger partial charge in [-0.25, -0.2) is 9.59 Å². The first-order chi connectivity index (χ1) is 13.3. The Morgan fingerprint density at radius 1 is 1.18 bits per heavy atom. The number of rotatable bonds is 3. The first-order valence-corrected chi connectivity index (χ1v) is 9.38. The molecule has 1 aromatic heterocycles. The number of likely N-dealkylation sites (tertiary alicyclic amines) is 1. The first kappa shape index (κ1) is 19.7. The van der Waals surface area contributed by atoms with Crippen molar-refractivity contribution in [3.05, 3.63) is 36.4 Å². The Hall–Kier alpha value is -3.03. The zero-order valence-corrected chi connectivity index (χ0v) is 16.4. The van der Waals surface area contributed by atoms with Crippen molar-refractivity contribution in [2.75, 3.05) is 18.4 Å². The minimum atomic E-state index is -0.512. The number of aromatic nitrogens is 1. The highest BCUT2D eigenvalue weighted by molar-refractivity contribution is 5.88. The largest absolute Gasteiger partial charge is 0.444 e. The third kappa shape index (κ3) is 5.48. The summed E-state index contributed by atoms with van der Waals surface area (Å²) in [5, 5.41) is 9.48. The Bertz CT molecular complexity index is 805. The second-order valence-electron chi connectivity index (χ2n) is 7.78. The van der Waals surface area contributed by atoms with Gasteiger partial charge < -0.3 is 19.5 Å². The van der Waals surface area contributed by atoms with E-state index in [-0.39, 0.29) is 18.2 Å². The molecule has 1 aliphatic rings. The van der Waals surface area contributed by atoms with Crippen LogP contribution in [0.3, 0.4) is 0 Å². The number of hydrogen-bond acceptors (Lipinski definition) is 5. The van der Waals surface area contributed by atoms with Gasteiger partial charge in [-0.3, -0.25) is 5.32 Å². The molecule has 8 nitrogen and oxygen atoms in total. The number of hydrogen-bond donors (Lipinski definition) is 2. The second kappa shape index (κ2) is 8.33. The monoisotopic (exact) mass is 386 g/mol. The van der Waals surface area contributed by atoms with Crippen LogP contribution in [0.5, 0.6) is 0 Å². The van der Waals surface area contributed by atoms with Gasteiger partial charge in [-0.2, -0.15) is 0 Å². The van der Waals surface area contributed by atoms with Crippen LogP contribution in [0.2, 0.25) is 0 Å². The Labute approximate surface area is 164 Å². The van der Waals surface area contributed by atoms with E-state index in [0.717, 1.165) is 5.56 Å². The van der Waals surface area contributed by atoms with Gasteiger partial charge in [-0.05, 0) is 33.6 Å². The van der Waals surface area contributed by atoms with Gasteiger partial charge in [-0.1, -0.05) is 35.5 Å². The molecule has 0 spiro atoms. The Kier molecular flexibility index (Phi) is 5.87. The normalized spacial score (nSPS) is 15.2. The fourth-order valence-electron chi connectivity index (χ4n) is 2.94. The summed E-state index contributed by atoms with van der Waals surface area (Å²) in [7, 11) is 0. The van der Waals surface area contributed by atoms with E-state index in [2.05, 4.69) is 15.8 Å². The van der Waals surface area contributed by atoms with Crippen LogP contribution < -0.4 is 10.6 Å². The topological polar surface area (TPSA) is 96.7 Å². The minimum Gasteiger partial charge on any atom is -0.444 e. The van der Waals surface area contributed by atoms with E-state index in [9.17, 15) is 9.59 Å². The molecule has 28 heavy (non-hydrogen) atoms. The molecule has 0 bridgehead atoms. The average molecular weight is 386 g/mol. The lowest BCUT2D eigenvalue weighted by molar-refractivity contribution is 0.0202. The molecule has 3 rings (SSSR count). The molecule has 0 unspecified atom stereocenters. The Morgan fingerprint density at radius 2 is 1.86 bits per heavy atom. The molecule has 0 radical (unpaired) electrons. The van der Waals surface area contributed by atoms with Gasteiger partial charge in [0.05, 0.1) is 0 Å². The molecule has 3 amide bonds. The molecule has 150 valence electrons. The molecule has 0 atom stereocenters. The van der Waals surface area contributed by atoms with Crippen LogP contribution >= 0.6 is 0 Å². The molecule has 0 aliphatic carbocycles. The maximum atomic E-state index is 12.2.